The number of hydrogen-bond donors (Lipinski definition) is 1. The molecule has 0 bridgehead atoms. The van der Waals surface area contributed by atoms with Crippen LogP contribution in [0.2, 0.25) is 0 Å². The Labute approximate surface area is 117 Å². The second kappa shape index (κ2) is 8.54. The smallest absolute Gasteiger partial charge is 0.326 e. The van der Waals surface area contributed by atoms with Crippen molar-refractivity contribution in [3.8, 4) is 0 Å². The van der Waals surface area contributed by atoms with Crippen molar-refractivity contribution in [3.63, 3.8) is 0 Å². The first-order chi connectivity index (χ1) is 9.12. The normalized spacial score (nSPS) is 18.1. The van der Waals surface area contributed by atoms with E-state index in [0.29, 0.717) is 12.6 Å². The second-order valence-electron chi connectivity index (χ2n) is 5.54. The lowest BCUT2D eigenvalue weighted by molar-refractivity contribution is -0.151. The fourth-order valence-corrected chi connectivity index (χ4v) is 2.13. The zero-order chi connectivity index (χ0) is 14.1. The Bertz CT molecular complexity index is 266. The van der Waals surface area contributed by atoms with Crippen LogP contribution >= 0.6 is 0 Å². The molecule has 0 saturated heterocycles. The van der Waals surface area contributed by atoms with Crippen LogP contribution < -0.4 is 5.32 Å². The summed E-state index contributed by atoms with van der Waals surface area (Å²) in [4.78, 5) is 12.1. The summed E-state index contributed by atoms with van der Waals surface area (Å²) in [5.41, 5.74) is -0.526. The van der Waals surface area contributed by atoms with E-state index in [9.17, 15) is 4.79 Å². The van der Waals surface area contributed by atoms with Gasteiger partial charge in [0.05, 0.1) is 6.61 Å². The molecule has 1 saturated carbocycles. The molecule has 1 aliphatic rings. The Morgan fingerprint density at radius 2 is 2.00 bits per heavy atom. The lowest BCUT2D eigenvalue weighted by atomic mass is 9.94. The topological polar surface area (TPSA) is 47.6 Å². The van der Waals surface area contributed by atoms with Gasteiger partial charge in [0.1, 0.15) is 5.54 Å². The van der Waals surface area contributed by atoms with Crippen LogP contribution in [0, 0.1) is 0 Å². The molecule has 0 radical (unpaired) electrons. The molecule has 1 rings (SSSR count). The first kappa shape index (κ1) is 16.4. The van der Waals surface area contributed by atoms with Crippen LogP contribution in [0.4, 0.5) is 0 Å². The van der Waals surface area contributed by atoms with Crippen molar-refractivity contribution in [3.05, 3.63) is 0 Å². The predicted molar refractivity (Wildman–Crippen MR) is 76.2 cm³/mol. The van der Waals surface area contributed by atoms with Gasteiger partial charge in [0.15, 0.2) is 0 Å². The van der Waals surface area contributed by atoms with E-state index in [-0.39, 0.29) is 5.97 Å². The van der Waals surface area contributed by atoms with Gasteiger partial charge in [-0.05, 0) is 52.4 Å². The van der Waals surface area contributed by atoms with Crippen LogP contribution in [-0.2, 0) is 14.3 Å². The molecule has 0 amide bonds. The minimum atomic E-state index is -0.526. The third kappa shape index (κ3) is 6.39. The van der Waals surface area contributed by atoms with Crippen LogP contribution in [0.5, 0.6) is 0 Å². The Morgan fingerprint density at radius 1 is 1.26 bits per heavy atom. The van der Waals surface area contributed by atoms with Crippen molar-refractivity contribution in [2.45, 2.75) is 70.9 Å². The fraction of sp³-hybridized carbons (Fsp3) is 0.933. The third-order valence-electron chi connectivity index (χ3n) is 3.39. The maximum atomic E-state index is 12.1. The molecule has 19 heavy (non-hydrogen) atoms. The number of nitrogens with one attached hydrogen (secondary N) is 1. The number of rotatable bonds is 11. The summed E-state index contributed by atoms with van der Waals surface area (Å²) < 4.78 is 10.7. The van der Waals surface area contributed by atoms with E-state index in [4.69, 9.17) is 9.47 Å². The van der Waals surface area contributed by atoms with Crippen molar-refractivity contribution >= 4 is 5.97 Å². The zero-order valence-corrected chi connectivity index (χ0v) is 12.7. The minimum Gasteiger partial charge on any atom is -0.465 e. The van der Waals surface area contributed by atoms with Gasteiger partial charge in [-0.3, -0.25) is 10.1 Å². The molecular weight excluding hydrogens is 242 g/mol. The fourth-order valence-electron chi connectivity index (χ4n) is 2.13. The predicted octanol–water partition coefficient (Wildman–Crippen LogP) is 2.66. The largest absolute Gasteiger partial charge is 0.465 e. The van der Waals surface area contributed by atoms with E-state index in [2.05, 4.69) is 12.2 Å². The Morgan fingerprint density at radius 3 is 2.58 bits per heavy atom. The molecule has 1 N–H and O–H groups in total. The molecule has 0 aromatic heterocycles. The molecule has 0 aromatic rings. The van der Waals surface area contributed by atoms with Crippen LogP contribution in [0.1, 0.15) is 59.3 Å². The van der Waals surface area contributed by atoms with Gasteiger partial charge < -0.3 is 9.47 Å². The first-order valence-corrected chi connectivity index (χ1v) is 7.65. The minimum absolute atomic E-state index is 0.114. The lowest BCUT2D eigenvalue weighted by Gasteiger charge is -2.28. The van der Waals surface area contributed by atoms with Crippen LogP contribution in [0.3, 0.4) is 0 Å². The van der Waals surface area contributed by atoms with Crippen LogP contribution in [0.15, 0.2) is 0 Å². The van der Waals surface area contributed by atoms with Gasteiger partial charge in [0.2, 0.25) is 0 Å². The summed E-state index contributed by atoms with van der Waals surface area (Å²) in [6.45, 7) is 7.99. The second-order valence-corrected chi connectivity index (χ2v) is 5.54. The monoisotopic (exact) mass is 271 g/mol. The average Bonchev–Trinajstić information content (AvgIpc) is 3.17. The molecule has 4 nitrogen and oxygen atoms in total. The van der Waals surface area contributed by atoms with Crippen molar-refractivity contribution in [2.75, 3.05) is 19.8 Å². The van der Waals surface area contributed by atoms with E-state index < -0.39 is 5.54 Å². The van der Waals surface area contributed by atoms with Crippen molar-refractivity contribution in [2.24, 2.45) is 0 Å². The van der Waals surface area contributed by atoms with Crippen molar-refractivity contribution < 1.29 is 14.3 Å². The Balaban J connectivity index is 2.29. The number of hydrogen-bond acceptors (Lipinski definition) is 4. The molecule has 0 spiro atoms. The van der Waals surface area contributed by atoms with Gasteiger partial charge in [-0.15, -0.1) is 0 Å². The van der Waals surface area contributed by atoms with E-state index in [1.807, 2.05) is 13.8 Å². The van der Waals surface area contributed by atoms with E-state index >= 15 is 0 Å². The van der Waals surface area contributed by atoms with Crippen LogP contribution in [0.25, 0.3) is 0 Å². The zero-order valence-electron chi connectivity index (χ0n) is 12.7. The molecule has 0 heterocycles. The van der Waals surface area contributed by atoms with Gasteiger partial charge >= 0.3 is 5.97 Å². The maximum Gasteiger partial charge on any atom is 0.326 e. The molecule has 1 unspecified atom stereocenters. The quantitative estimate of drug-likeness (QED) is 0.463. The molecule has 1 aliphatic carbocycles. The highest BCUT2D eigenvalue weighted by molar-refractivity contribution is 5.80. The number of carbonyl (C=O) groups excluding carboxylic acids is 1. The van der Waals surface area contributed by atoms with Crippen molar-refractivity contribution in [1.82, 2.24) is 5.32 Å². The van der Waals surface area contributed by atoms with E-state index in [1.54, 1.807) is 0 Å². The van der Waals surface area contributed by atoms with Gasteiger partial charge in [0, 0.05) is 19.3 Å². The Hall–Kier alpha value is -0.610. The standard InChI is InChI=1S/C15H29NO3/c1-4-11-18-12-7-6-10-15(3,14(17)19-5-2)16-13-8-9-13/h13,16H,4-12H2,1-3H3. The molecule has 1 atom stereocenters. The van der Waals surface area contributed by atoms with Crippen molar-refractivity contribution in [1.29, 1.82) is 0 Å². The number of carbonyl (C=O) groups is 1. The Kier molecular flexibility index (Phi) is 7.39. The molecular formula is C15H29NO3. The molecule has 4 heteroatoms. The summed E-state index contributed by atoms with van der Waals surface area (Å²) in [5, 5.41) is 3.44. The van der Waals surface area contributed by atoms with Gasteiger partial charge in [-0.2, -0.15) is 0 Å². The van der Waals surface area contributed by atoms with E-state index in [0.717, 1.165) is 38.9 Å². The summed E-state index contributed by atoms with van der Waals surface area (Å²) in [6, 6.07) is 0.505. The number of esters is 1. The molecule has 0 aromatic carbocycles. The summed E-state index contributed by atoms with van der Waals surface area (Å²) in [5.74, 6) is -0.114. The van der Waals surface area contributed by atoms with Gasteiger partial charge in [0.25, 0.3) is 0 Å². The summed E-state index contributed by atoms with van der Waals surface area (Å²) in [7, 11) is 0. The molecule has 0 aliphatic heterocycles. The number of unbranched alkanes of at least 4 members (excludes halogenated alkanes) is 1. The van der Waals surface area contributed by atoms with Crippen LogP contribution in [-0.4, -0.2) is 37.4 Å². The number of ether oxygens (including phenoxy) is 2. The average molecular weight is 271 g/mol. The van der Waals surface area contributed by atoms with Gasteiger partial charge in [-0.1, -0.05) is 6.92 Å². The highest BCUT2D eigenvalue weighted by Crippen LogP contribution is 2.26. The highest BCUT2D eigenvalue weighted by Gasteiger charge is 2.38. The summed E-state index contributed by atoms with van der Waals surface area (Å²) >= 11 is 0. The third-order valence-corrected chi connectivity index (χ3v) is 3.39. The maximum absolute atomic E-state index is 12.1. The molecule has 1 fully saturated rings. The summed E-state index contributed by atoms with van der Waals surface area (Å²) in [6.07, 6.45) is 6.21. The first-order valence-electron chi connectivity index (χ1n) is 7.65. The SMILES string of the molecule is CCCOCCCCC(C)(NC1CC1)C(=O)OCC. The molecule has 112 valence electrons. The van der Waals surface area contributed by atoms with Gasteiger partial charge in [-0.25, -0.2) is 0 Å². The lowest BCUT2D eigenvalue weighted by Crippen LogP contribution is -2.51. The highest BCUT2D eigenvalue weighted by atomic mass is 16.5. The van der Waals surface area contributed by atoms with E-state index in [1.165, 1.54) is 12.8 Å².